The summed E-state index contributed by atoms with van der Waals surface area (Å²) in [5.74, 6) is 0.498. The molecule has 3 aromatic rings. The number of fused-ring (bicyclic) bond motifs is 1. The van der Waals surface area contributed by atoms with Gasteiger partial charge in [0.2, 0.25) is 0 Å². The first-order valence-electron chi connectivity index (χ1n) is 9.79. The van der Waals surface area contributed by atoms with Gasteiger partial charge in [0.05, 0.1) is 30.4 Å². The number of nitrogens with one attached hydrogen (secondary N) is 1. The summed E-state index contributed by atoms with van der Waals surface area (Å²) in [6.07, 6.45) is 2.05. The normalized spacial score (nSPS) is 16.1. The van der Waals surface area contributed by atoms with E-state index in [-0.39, 0.29) is 18.8 Å². The first kappa shape index (κ1) is 19.9. The quantitative estimate of drug-likeness (QED) is 0.431. The number of hydrogen-bond acceptors (Lipinski definition) is 6. The molecule has 1 aromatic heterocycles. The highest BCUT2D eigenvalue weighted by Gasteiger charge is 2.24. The van der Waals surface area contributed by atoms with Crippen LogP contribution in [0.1, 0.15) is 22.8 Å². The Balaban J connectivity index is 1.41. The Labute approximate surface area is 173 Å². The summed E-state index contributed by atoms with van der Waals surface area (Å²) >= 11 is 0. The second kappa shape index (κ2) is 8.96. The SMILES string of the molecule is C[C@@H](Cn1ncc2ccc(OC[C@H]3CO3)c(C=O)c21)NC(=O)OCc1ccccc1. The van der Waals surface area contributed by atoms with Crippen molar-refractivity contribution in [3.8, 4) is 5.75 Å². The molecular weight excluding hydrogens is 386 g/mol. The maximum absolute atomic E-state index is 12.1. The van der Waals surface area contributed by atoms with Crippen molar-refractivity contribution in [3.05, 3.63) is 59.8 Å². The Morgan fingerprint density at radius 1 is 1.33 bits per heavy atom. The minimum absolute atomic E-state index is 0.0937. The molecule has 0 radical (unpaired) electrons. The second-order valence-electron chi connectivity index (χ2n) is 7.23. The van der Waals surface area contributed by atoms with Crippen molar-refractivity contribution < 1.29 is 23.8 Å². The van der Waals surface area contributed by atoms with Crippen LogP contribution < -0.4 is 10.1 Å². The topological polar surface area (TPSA) is 95.0 Å². The van der Waals surface area contributed by atoms with E-state index in [9.17, 15) is 9.59 Å². The van der Waals surface area contributed by atoms with Gasteiger partial charge >= 0.3 is 6.09 Å². The highest BCUT2D eigenvalue weighted by Crippen LogP contribution is 2.27. The zero-order valence-electron chi connectivity index (χ0n) is 16.6. The van der Waals surface area contributed by atoms with Gasteiger partial charge in [-0.05, 0) is 24.6 Å². The maximum Gasteiger partial charge on any atom is 0.407 e. The van der Waals surface area contributed by atoms with Gasteiger partial charge in [0.25, 0.3) is 0 Å². The van der Waals surface area contributed by atoms with Gasteiger partial charge in [-0.3, -0.25) is 9.48 Å². The Kier molecular flexibility index (Phi) is 5.94. The van der Waals surface area contributed by atoms with Crippen molar-refractivity contribution in [1.82, 2.24) is 15.1 Å². The minimum Gasteiger partial charge on any atom is -0.490 e. The average molecular weight is 409 g/mol. The van der Waals surface area contributed by atoms with Crippen LogP contribution in [0.5, 0.6) is 5.75 Å². The fraction of sp³-hybridized carbons (Fsp3) is 0.318. The second-order valence-corrected chi connectivity index (χ2v) is 7.23. The van der Waals surface area contributed by atoms with Crippen molar-refractivity contribution in [2.75, 3.05) is 13.2 Å². The van der Waals surface area contributed by atoms with Gasteiger partial charge < -0.3 is 19.5 Å². The number of carbonyl (C=O) groups is 2. The van der Waals surface area contributed by atoms with Gasteiger partial charge in [-0.15, -0.1) is 0 Å². The molecule has 1 fully saturated rings. The van der Waals surface area contributed by atoms with E-state index in [1.807, 2.05) is 43.3 Å². The number of hydrogen-bond donors (Lipinski definition) is 1. The van der Waals surface area contributed by atoms with Crippen LogP contribution in [-0.4, -0.2) is 47.5 Å². The van der Waals surface area contributed by atoms with E-state index in [0.29, 0.717) is 36.6 Å². The predicted octanol–water partition coefficient (Wildman–Crippen LogP) is 2.94. The van der Waals surface area contributed by atoms with Gasteiger partial charge in [0, 0.05) is 11.4 Å². The molecular formula is C22H23N3O5. The lowest BCUT2D eigenvalue weighted by Crippen LogP contribution is -2.36. The Morgan fingerprint density at radius 2 is 2.13 bits per heavy atom. The number of alkyl carbamates (subject to hydrolysis) is 1. The predicted molar refractivity (Wildman–Crippen MR) is 110 cm³/mol. The summed E-state index contributed by atoms with van der Waals surface area (Å²) < 4.78 is 17.9. The van der Waals surface area contributed by atoms with Crippen LogP contribution in [-0.2, 0) is 22.6 Å². The number of ether oxygens (including phenoxy) is 3. The van der Waals surface area contributed by atoms with Gasteiger partial charge in [0.1, 0.15) is 25.1 Å². The molecule has 30 heavy (non-hydrogen) atoms. The van der Waals surface area contributed by atoms with E-state index < -0.39 is 6.09 Å². The third kappa shape index (κ3) is 4.77. The molecule has 8 heteroatoms. The summed E-state index contributed by atoms with van der Waals surface area (Å²) in [6.45, 7) is 3.51. The minimum atomic E-state index is -0.508. The van der Waals surface area contributed by atoms with Gasteiger partial charge in [-0.25, -0.2) is 4.79 Å². The molecule has 2 aromatic carbocycles. The molecule has 2 heterocycles. The molecule has 1 N–H and O–H groups in total. The number of nitrogens with zero attached hydrogens (tertiary/aromatic N) is 2. The van der Waals surface area contributed by atoms with Crippen LogP contribution in [0, 0.1) is 0 Å². The van der Waals surface area contributed by atoms with Crippen LogP contribution >= 0.6 is 0 Å². The molecule has 156 valence electrons. The fourth-order valence-corrected chi connectivity index (χ4v) is 3.18. The maximum atomic E-state index is 12.1. The number of epoxide rings is 1. The van der Waals surface area contributed by atoms with E-state index in [2.05, 4.69) is 10.4 Å². The largest absolute Gasteiger partial charge is 0.490 e. The summed E-state index contributed by atoms with van der Waals surface area (Å²) in [6, 6.07) is 12.8. The third-order valence-corrected chi connectivity index (χ3v) is 4.77. The Hall–Kier alpha value is -3.39. The number of rotatable bonds is 9. The lowest BCUT2D eigenvalue weighted by Gasteiger charge is -2.16. The summed E-state index contributed by atoms with van der Waals surface area (Å²) in [4.78, 5) is 23.9. The van der Waals surface area contributed by atoms with E-state index in [4.69, 9.17) is 14.2 Å². The van der Waals surface area contributed by atoms with Crippen LogP contribution in [0.4, 0.5) is 4.79 Å². The molecule has 1 aliphatic heterocycles. The lowest BCUT2D eigenvalue weighted by atomic mass is 10.1. The summed E-state index contributed by atoms with van der Waals surface area (Å²) in [7, 11) is 0. The number of carbonyl (C=O) groups excluding carboxylic acids is 2. The molecule has 0 saturated carbocycles. The zero-order valence-corrected chi connectivity index (χ0v) is 16.6. The average Bonchev–Trinajstić information content (AvgIpc) is 3.51. The molecule has 1 saturated heterocycles. The standard InChI is InChI=1S/C22H23N3O5/c1-15(24-22(27)30-12-16-5-3-2-4-6-16)10-25-21-17(9-23-25)7-8-20(19(21)11-26)29-14-18-13-28-18/h2-9,11,15,18H,10,12-14H2,1H3,(H,24,27)/t15-,18+/m0/s1. The third-order valence-electron chi connectivity index (χ3n) is 4.77. The van der Waals surface area contributed by atoms with Gasteiger partial charge in [-0.2, -0.15) is 5.10 Å². The van der Waals surface area contributed by atoms with Crippen molar-refractivity contribution in [3.63, 3.8) is 0 Å². The Morgan fingerprint density at radius 3 is 2.87 bits per heavy atom. The van der Waals surface area contributed by atoms with Crippen LogP contribution in [0.25, 0.3) is 10.9 Å². The Bertz CT molecular complexity index is 1030. The fourth-order valence-electron chi connectivity index (χ4n) is 3.18. The molecule has 0 unspecified atom stereocenters. The van der Waals surface area contributed by atoms with Crippen molar-refractivity contribution in [2.24, 2.45) is 0 Å². The summed E-state index contributed by atoms with van der Waals surface area (Å²) in [5, 5.41) is 8.00. The molecule has 0 bridgehead atoms. The smallest absolute Gasteiger partial charge is 0.407 e. The molecule has 0 spiro atoms. The highest BCUT2D eigenvalue weighted by atomic mass is 16.6. The van der Waals surface area contributed by atoms with E-state index in [0.717, 1.165) is 17.2 Å². The van der Waals surface area contributed by atoms with Gasteiger partial charge in [-0.1, -0.05) is 30.3 Å². The van der Waals surface area contributed by atoms with Crippen molar-refractivity contribution in [1.29, 1.82) is 0 Å². The van der Waals surface area contributed by atoms with Crippen molar-refractivity contribution >= 4 is 23.3 Å². The van der Waals surface area contributed by atoms with Gasteiger partial charge in [0.15, 0.2) is 6.29 Å². The van der Waals surface area contributed by atoms with E-state index in [1.54, 1.807) is 16.9 Å². The van der Waals surface area contributed by atoms with E-state index in [1.165, 1.54) is 0 Å². The molecule has 2 atom stereocenters. The van der Waals surface area contributed by atoms with Crippen molar-refractivity contribution in [2.45, 2.75) is 32.2 Å². The first-order chi connectivity index (χ1) is 14.6. The van der Waals surface area contributed by atoms with Crippen LogP contribution in [0.3, 0.4) is 0 Å². The molecule has 0 aliphatic carbocycles. The van der Waals surface area contributed by atoms with E-state index >= 15 is 0 Å². The lowest BCUT2D eigenvalue weighted by molar-refractivity contribution is 0.111. The molecule has 8 nitrogen and oxygen atoms in total. The molecule has 1 amide bonds. The van der Waals surface area contributed by atoms with Crippen LogP contribution in [0.2, 0.25) is 0 Å². The highest BCUT2D eigenvalue weighted by molar-refractivity contribution is 5.98. The first-order valence-corrected chi connectivity index (χ1v) is 9.79. The zero-order chi connectivity index (χ0) is 20.9. The molecule has 4 rings (SSSR count). The number of amides is 1. The van der Waals surface area contributed by atoms with Crippen LogP contribution in [0.15, 0.2) is 48.7 Å². The number of aldehydes is 1. The monoisotopic (exact) mass is 409 g/mol. The molecule has 1 aliphatic rings. The number of benzene rings is 2. The summed E-state index contributed by atoms with van der Waals surface area (Å²) in [5.41, 5.74) is 2.02. The number of aromatic nitrogens is 2.